The summed E-state index contributed by atoms with van der Waals surface area (Å²) in [5.41, 5.74) is 0. The Bertz CT molecular complexity index is 2460. The largest absolute Gasteiger partial charge is 0.394 e. The van der Waals surface area contributed by atoms with Crippen LogP contribution in [0, 0.1) is 0 Å². The first-order chi connectivity index (χ1) is 47.1. The average Bonchev–Trinajstić information content (AvgIpc) is 0.792. The highest BCUT2D eigenvalue weighted by molar-refractivity contribution is 5.03. The van der Waals surface area contributed by atoms with Gasteiger partial charge in [-0.2, -0.15) is 0 Å². The maximum atomic E-state index is 12.0. The van der Waals surface area contributed by atoms with Crippen LogP contribution in [-0.4, -0.2) is 474 Å². The third-order valence-corrected chi connectivity index (χ3v) is 19.0. The lowest BCUT2D eigenvalue weighted by molar-refractivity contribution is -0.399. The van der Waals surface area contributed by atoms with Gasteiger partial charge in [-0.05, 0) is 0 Å². The average molecular weight is 1460 g/mol. The number of hydrogen-bond acceptors (Lipinski definition) is 45. The third-order valence-electron chi connectivity index (χ3n) is 19.0. The van der Waals surface area contributed by atoms with Crippen LogP contribution < -0.4 is 0 Å². The summed E-state index contributed by atoms with van der Waals surface area (Å²) in [6.45, 7) is -9.61. The minimum Gasteiger partial charge on any atom is -0.394 e. The van der Waals surface area contributed by atoms with Crippen LogP contribution in [0.15, 0.2) is 0 Å². The summed E-state index contributed by atoms with van der Waals surface area (Å²) in [5.74, 6) is 0. The Morgan fingerprint density at radius 1 is 0.162 bits per heavy atom. The van der Waals surface area contributed by atoms with Gasteiger partial charge in [-0.25, -0.2) is 0 Å². The van der Waals surface area contributed by atoms with Gasteiger partial charge in [0.2, 0.25) is 0 Å². The molecular formula is C54H90O45. The monoisotopic (exact) mass is 1460 g/mol. The van der Waals surface area contributed by atoms with E-state index in [9.17, 15) is 138 Å². The normalized spacial score (nSPS) is 55.1. The summed E-state index contributed by atoms with van der Waals surface area (Å²) < 4.78 is 103. The highest BCUT2D eigenvalue weighted by Crippen LogP contribution is 2.40. The van der Waals surface area contributed by atoms with Crippen LogP contribution in [-0.2, 0) is 85.3 Å². The molecule has 0 unspecified atom stereocenters. The molecule has 14 bridgehead atoms. The van der Waals surface area contributed by atoms with Crippen molar-refractivity contribution in [1.29, 1.82) is 0 Å². The van der Waals surface area contributed by atoms with E-state index in [2.05, 4.69) is 0 Å². The number of rotatable bonds is 13. The van der Waals surface area contributed by atoms with E-state index in [0.29, 0.717) is 0 Å². The van der Waals surface area contributed by atoms with E-state index in [-0.39, 0.29) is 0 Å². The fraction of sp³-hybridized carbons (Fsp3) is 1.00. The molecule has 0 aromatic heterocycles. The van der Waals surface area contributed by atoms with Crippen LogP contribution in [0.2, 0.25) is 0 Å². The molecule has 45 nitrogen and oxygen atoms in total. The zero-order valence-electron chi connectivity index (χ0n) is 51.8. The van der Waals surface area contributed by atoms with Crippen molar-refractivity contribution in [3.8, 4) is 0 Å². The molecule has 23 aliphatic rings. The van der Waals surface area contributed by atoms with E-state index in [1.165, 1.54) is 0 Å². The van der Waals surface area contributed by atoms with Crippen molar-refractivity contribution in [2.75, 3.05) is 59.5 Å². The standard InChI is InChI=1S/C54H90O45/c55-1-10-19(62)21(64)30(73)46(84-10)82-8-17-20(63)22(65)31(74)47(91-17)83-9-18-45-29(72)38(81)54(92-18)98-44-16(7-61)89-52(36(79)27(44)70)96-42-14(5-59)87-50(34(77)25(42)68)94-40-12(3-57)85-48(32(75)23(40)66)93-39-11(2-56)86-49(33(76)24(39)67)95-41-13(4-58)88-51(35(78)26(41)69)97-43-15(6-60)90-53(99-45)37(80)28(43)71/h10-81H,1-9H2/t10-,11-,12-,13-,14-,15-,16-,17-,18-,19-,20-,21+,22+,23-,24-,25-,26-,27-,28-,29-,30-,31-,32-,33-,34-,35-,36-,37-,38-,39-,40-,41-,42-,43-,44-,45-,46+,47+,48-,49-,50-,51-,52-,53-,54-/m1/s1. The fourth-order valence-electron chi connectivity index (χ4n) is 13.2. The first kappa shape index (κ1) is 79.8. The Hall–Kier alpha value is -1.80. The second-order valence-corrected chi connectivity index (χ2v) is 25.3. The van der Waals surface area contributed by atoms with Gasteiger partial charge in [0.15, 0.2) is 56.6 Å². The van der Waals surface area contributed by atoms with Gasteiger partial charge >= 0.3 is 0 Å². The van der Waals surface area contributed by atoms with Gasteiger partial charge in [0.05, 0.1) is 59.5 Å². The molecule has 0 radical (unpaired) electrons. The van der Waals surface area contributed by atoms with Crippen molar-refractivity contribution in [3.63, 3.8) is 0 Å². The molecule has 576 valence electrons. The molecule has 0 amide bonds. The van der Waals surface area contributed by atoms with E-state index in [4.69, 9.17) is 85.3 Å². The Kier molecular flexibility index (Phi) is 27.4. The van der Waals surface area contributed by atoms with Crippen LogP contribution in [0.1, 0.15) is 0 Å². The maximum Gasteiger partial charge on any atom is 0.187 e. The predicted octanol–water partition coefficient (Wildman–Crippen LogP) is -19.6. The Labute approximate surface area is 558 Å². The zero-order chi connectivity index (χ0) is 72.1. The van der Waals surface area contributed by atoms with Crippen LogP contribution in [0.25, 0.3) is 0 Å². The first-order valence-corrected chi connectivity index (χ1v) is 31.6. The Balaban J connectivity index is 0.937. The molecule has 27 N–H and O–H groups in total. The second-order valence-electron chi connectivity index (χ2n) is 25.3. The molecule has 0 saturated carbocycles. The van der Waals surface area contributed by atoms with Crippen molar-refractivity contribution in [2.45, 2.75) is 276 Å². The lowest BCUT2D eigenvalue weighted by Gasteiger charge is -2.50. The van der Waals surface area contributed by atoms with E-state index in [1.54, 1.807) is 0 Å². The summed E-state index contributed by atoms with van der Waals surface area (Å²) in [5, 5.41) is 299. The van der Waals surface area contributed by atoms with Crippen LogP contribution >= 0.6 is 0 Å². The van der Waals surface area contributed by atoms with E-state index in [0.717, 1.165) is 0 Å². The Morgan fingerprint density at radius 3 is 0.566 bits per heavy atom. The molecular weight excluding hydrogens is 1370 g/mol. The predicted molar refractivity (Wildman–Crippen MR) is 294 cm³/mol. The topological polar surface area (TPSA) is 712 Å². The molecule has 23 aliphatic heterocycles. The third kappa shape index (κ3) is 16.1. The van der Waals surface area contributed by atoms with E-state index >= 15 is 0 Å². The van der Waals surface area contributed by atoms with Gasteiger partial charge in [-0.3, -0.25) is 0 Å². The molecule has 23 fully saturated rings. The number of ether oxygens (including phenoxy) is 18. The number of hydrogen-bond donors (Lipinski definition) is 27. The van der Waals surface area contributed by atoms with Gasteiger partial charge in [0.25, 0.3) is 0 Å². The molecule has 0 aromatic rings. The molecule has 0 spiro atoms. The quantitative estimate of drug-likeness (QED) is 0.0814. The summed E-state index contributed by atoms with van der Waals surface area (Å²) >= 11 is 0. The summed E-state index contributed by atoms with van der Waals surface area (Å²) in [6, 6.07) is 0. The number of aliphatic hydroxyl groups is 27. The minimum absolute atomic E-state index is 0.860. The molecule has 45 heteroatoms. The summed E-state index contributed by atoms with van der Waals surface area (Å²) in [6.07, 6.45) is -94.0. The highest BCUT2D eigenvalue weighted by Gasteiger charge is 2.61. The van der Waals surface area contributed by atoms with Gasteiger partial charge in [0.1, 0.15) is 220 Å². The van der Waals surface area contributed by atoms with Crippen molar-refractivity contribution >= 4 is 0 Å². The molecule has 23 saturated heterocycles. The number of aliphatic hydroxyl groups excluding tert-OH is 27. The van der Waals surface area contributed by atoms with E-state index in [1.807, 2.05) is 0 Å². The highest BCUT2D eigenvalue weighted by atomic mass is 16.8. The molecule has 23 heterocycles. The fourth-order valence-corrected chi connectivity index (χ4v) is 13.2. The molecule has 23 rings (SSSR count). The van der Waals surface area contributed by atoms with Crippen molar-refractivity contribution in [1.82, 2.24) is 0 Å². The van der Waals surface area contributed by atoms with Crippen molar-refractivity contribution in [3.05, 3.63) is 0 Å². The van der Waals surface area contributed by atoms with Crippen LogP contribution in [0.3, 0.4) is 0 Å². The smallest absolute Gasteiger partial charge is 0.187 e. The SMILES string of the molecule is OC[C@H]1O[C@H](OC[C@H]2O[C@H](OC[C@H]3O[C@@H]4O[C@H]5[C@H](O)[C@@H](O)[C@@H](O[C@H]6[C@H](O)[C@@H](O)[C@@H](O[C@H]7[C@H](O)[C@@H](O)[C@@H](O[C@H]8[C@H](O)[C@@H](O)[C@@H](O[C@H]9[C@H](O)[C@@H](O)[C@@H](O[C@H]%10[C@H](O)[C@@H](O)[C@@H](O[C@H]3[C@H](O)[C@H]4O)O[C@@H]%10CO)O[C@@H]9CO)O[C@@H]8CO)O[C@@H]7CO)O[C@@H]6CO)O[C@@H]5CO)[C@H](O)[C@@H](O)[C@@H]2O)[C@H](O)[C@@H](O)[C@@H]1O. The molecule has 0 aliphatic carbocycles. The summed E-state index contributed by atoms with van der Waals surface area (Å²) in [4.78, 5) is 0. The molecule has 99 heavy (non-hydrogen) atoms. The minimum atomic E-state index is -2.43. The van der Waals surface area contributed by atoms with E-state index < -0.39 is 336 Å². The van der Waals surface area contributed by atoms with Gasteiger partial charge in [-0.15, -0.1) is 0 Å². The van der Waals surface area contributed by atoms with Crippen molar-refractivity contribution < 1.29 is 223 Å². The Morgan fingerprint density at radius 2 is 0.343 bits per heavy atom. The first-order valence-electron chi connectivity index (χ1n) is 31.6. The van der Waals surface area contributed by atoms with Gasteiger partial charge in [0, 0.05) is 0 Å². The molecule has 0 aromatic carbocycles. The van der Waals surface area contributed by atoms with Crippen molar-refractivity contribution in [2.24, 2.45) is 0 Å². The van der Waals surface area contributed by atoms with Gasteiger partial charge < -0.3 is 223 Å². The summed E-state index contributed by atoms with van der Waals surface area (Å²) in [7, 11) is 0. The van der Waals surface area contributed by atoms with Crippen LogP contribution in [0.5, 0.6) is 0 Å². The van der Waals surface area contributed by atoms with Gasteiger partial charge in [-0.1, -0.05) is 0 Å². The zero-order valence-corrected chi connectivity index (χ0v) is 51.8. The molecule has 45 atom stereocenters. The lowest BCUT2D eigenvalue weighted by Crippen LogP contribution is -2.68. The maximum absolute atomic E-state index is 12.0. The van der Waals surface area contributed by atoms with Crippen LogP contribution in [0.4, 0.5) is 0 Å². The second kappa shape index (κ2) is 34.0. The lowest BCUT2D eigenvalue weighted by atomic mass is 9.95.